The predicted molar refractivity (Wildman–Crippen MR) is 122 cm³/mol. The third-order valence-electron chi connectivity index (χ3n) is 4.65. The normalized spacial score (nSPS) is 14.1. The van der Waals surface area contributed by atoms with Crippen LogP contribution in [0.15, 0.2) is 34.9 Å². The van der Waals surface area contributed by atoms with Gasteiger partial charge >= 0.3 is 35.8 Å². The minimum atomic E-state index is -1.22. The van der Waals surface area contributed by atoms with Gasteiger partial charge in [0.05, 0.1) is 0 Å². The van der Waals surface area contributed by atoms with Crippen molar-refractivity contribution >= 4 is 35.8 Å². The monoisotopic (exact) mass is 500 g/mol. The number of rotatable bonds is 11. The summed E-state index contributed by atoms with van der Waals surface area (Å²) >= 11 is 0. The molecule has 0 amide bonds. The third kappa shape index (κ3) is 17.2. The zero-order valence-corrected chi connectivity index (χ0v) is 19.6. The number of carboxylic acids is 6. The van der Waals surface area contributed by atoms with E-state index in [1.807, 2.05) is 6.92 Å². The standard InChI is InChI=1S/C9H12O4.C8H12O4.C6H8O4/c10-8(11)5-7(9(12)13)6-3-1-2-4-6;1-2-3-4-6(8(11)12)5-7(9)10;1-2-4(6(9)10)3-5(7)8/h5-6H,1-4H2,(H,10,11)(H,12,13);5H,2-4H2,1H3,(H,9,10)(H,11,12);3H,2H2,1H3,(H,7,8)(H,9,10)/b7-5-;6-5-;4-3-. The van der Waals surface area contributed by atoms with Gasteiger partial charge in [0.2, 0.25) is 0 Å². The lowest BCUT2D eigenvalue weighted by molar-refractivity contribution is -0.135. The molecule has 0 aliphatic heterocycles. The van der Waals surface area contributed by atoms with Gasteiger partial charge in [0.15, 0.2) is 0 Å². The van der Waals surface area contributed by atoms with Crippen LogP contribution in [0.1, 0.15) is 65.2 Å². The van der Waals surface area contributed by atoms with Crippen LogP contribution < -0.4 is 0 Å². The zero-order valence-electron chi connectivity index (χ0n) is 19.6. The van der Waals surface area contributed by atoms with E-state index in [0.29, 0.717) is 18.9 Å². The summed E-state index contributed by atoms with van der Waals surface area (Å²) in [6.45, 7) is 3.50. The molecule has 0 atom stereocenters. The molecule has 0 saturated heterocycles. The largest absolute Gasteiger partial charge is 0.478 e. The molecule has 12 nitrogen and oxygen atoms in total. The van der Waals surface area contributed by atoms with Crippen molar-refractivity contribution in [2.24, 2.45) is 5.92 Å². The van der Waals surface area contributed by atoms with Crippen molar-refractivity contribution < 1.29 is 59.4 Å². The molecule has 0 radical (unpaired) electrons. The smallest absolute Gasteiger partial charge is 0.332 e. The highest BCUT2D eigenvalue weighted by molar-refractivity contribution is 5.95. The molecular formula is C23H32O12. The molecule has 1 saturated carbocycles. The van der Waals surface area contributed by atoms with Crippen molar-refractivity contribution in [1.82, 2.24) is 0 Å². The Bertz CT molecular complexity index is 858. The lowest BCUT2D eigenvalue weighted by atomic mass is 9.97. The second kappa shape index (κ2) is 18.5. The molecule has 0 spiro atoms. The molecule has 35 heavy (non-hydrogen) atoms. The number of carbonyl (C=O) groups is 6. The Kier molecular flexibility index (Phi) is 17.5. The van der Waals surface area contributed by atoms with Gasteiger partial charge in [-0.2, -0.15) is 0 Å². The number of aliphatic carboxylic acids is 6. The van der Waals surface area contributed by atoms with Gasteiger partial charge in [-0.1, -0.05) is 33.1 Å². The van der Waals surface area contributed by atoms with E-state index >= 15 is 0 Å². The first-order valence-electron chi connectivity index (χ1n) is 10.8. The Morgan fingerprint density at radius 2 is 1.09 bits per heavy atom. The molecule has 1 aliphatic rings. The van der Waals surface area contributed by atoms with E-state index in [0.717, 1.165) is 44.3 Å². The predicted octanol–water partition coefficient (Wildman–Crippen LogP) is 3.04. The first-order chi connectivity index (χ1) is 16.3. The Balaban J connectivity index is 0. The Labute approximate surface area is 201 Å². The average Bonchev–Trinajstić information content (AvgIpc) is 3.27. The third-order valence-corrected chi connectivity index (χ3v) is 4.65. The lowest BCUT2D eigenvalue weighted by Crippen LogP contribution is -2.11. The van der Waals surface area contributed by atoms with Crippen LogP contribution in [-0.4, -0.2) is 66.5 Å². The van der Waals surface area contributed by atoms with Crippen molar-refractivity contribution in [3.8, 4) is 0 Å². The average molecular weight is 500 g/mol. The van der Waals surface area contributed by atoms with E-state index in [4.69, 9.17) is 30.6 Å². The fourth-order valence-electron chi connectivity index (χ4n) is 2.95. The molecule has 1 rings (SSSR count). The Morgan fingerprint density at radius 3 is 1.37 bits per heavy atom. The summed E-state index contributed by atoms with van der Waals surface area (Å²) in [5.41, 5.74) is -0.0816. The van der Waals surface area contributed by atoms with Gasteiger partial charge in [0.1, 0.15) is 0 Å². The van der Waals surface area contributed by atoms with Gasteiger partial charge in [-0.05, 0) is 38.0 Å². The van der Waals surface area contributed by atoms with Gasteiger partial charge in [0, 0.05) is 34.9 Å². The van der Waals surface area contributed by atoms with Gasteiger partial charge in [0.25, 0.3) is 0 Å². The van der Waals surface area contributed by atoms with Gasteiger partial charge in [-0.15, -0.1) is 0 Å². The summed E-state index contributed by atoms with van der Waals surface area (Å²) in [5.74, 6) is -7.09. The lowest BCUT2D eigenvalue weighted by Gasteiger charge is -2.08. The van der Waals surface area contributed by atoms with Crippen LogP contribution in [0.25, 0.3) is 0 Å². The summed E-state index contributed by atoms with van der Waals surface area (Å²) in [6.07, 6.45) is 7.94. The fourth-order valence-corrected chi connectivity index (χ4v) is 2.95. The maximum atomic E-state index is 10.7. The summed E-state index contributed by atoms with van der Waals surface area (Å²) < 4.78 is 0. The molecule has 0 unspecified atom stereocenters. The van der Waals surface area contributed by atoms with Gasteiger partial charge in [-0.3, -0.25) is 0 Å². The molecule has 0 heterocycles. The summed E-state index contributed by atoms with van der Waals surface area (Å²) in [4.78, 5) is 61.6. The molecule has 196 valence electrons. The van der Waals surface area contributed by atoms with Gasteiger partial charge < -0.3 is 30.6 Å². The Hall–Kier alpha value is -3.96. The van der Waals surface area contributed by atoms with Crippen LogP contribution >= 0.6 is 0 Å². The van der Waals surface area contributed by atoms with E-state index in [-0.39, 0.29) is 29.1 Å². The highest BCUT2D eigenvalue weighted by Crippen LogP contribution is 2.31. The van der Waals surface area contributed by atoms with Crippen molar-refractivity contribution in [3.63, 3.8) is 0 Å². The SMILES string of the molecule is CC/C(=C/C(=O)O)C(=O)O.CCCC/C(=C/C(=O)O)C(=O)O.O=C(O)/C=C(\C(=O)O)C1CCCC1. The molecule has 12 heteroatoms. The zero-order chi connectivity index (χ0) is 27.6. The number of hydrogen-bond acceptors (Lipinski definition) is 6. The number of carboxylic acid groups (broad SMARTS) is 6. The fraction of sp³-hybridized carbons (Fsp3) is 0.478. The minimum Gasteiger partial charge on any atom is -0.478 e. The van der Waals surface area contributed by atoms with Crippen LogP contribution in [0.4, 0.5) is 0 Å². The summed E-state index contributed by atoms with van der Waals surface area (Å²) in [6, 6.07) is 0. The van der Waals surface area contributed by atoms with E-state index in [2.05, 4.69) is 0 Å². The van der Waals surface area contributed by atoms with E-state index in [1.165, 1.54) is 0 Å². The molecule has 0 aromatic rings. The molecule has 0 bridgehead atoms. The van der Waals surface area contributed by atoms with Crippen molar-refractivity contribution in [3.05, 3.63) is 34.9 Å². The minimum absolute atomic E-state index is 0.0376. The number of unbranched alkanes of at least 4 members (excludes halogenated alkanes) is 1. The van der Waals surface area contributed by atoms with Crippen molar-refractivity contribution in [2.45, 2.75) is 65.2 Å². The van der Waals surface area contributed by atoms with E-state index in [1.54, 1.807) is 6.92 Å². The molecule has 6 N–H and O–H groups in total. The quantitative estimate of drug-likeness (QED) is 0.225. The molecule has 0 aromatic heterocycles. The first-order valence-corrected chi connectivity index (χ1v) is 10.8. The van der Waals surface area contributed by atoms with Crippen molar-refractivity contribution in [1.29, 1.82) is 0 Å². The van der Waals surface area contributed by atoms with Crippen LogP contribution in [0, 0.1) is 5.92 Å². The highest BCUT2D eigenvalue weighted by Gasteiger charge is 2.24. The Morgan fingerprint density at radius 1 is 0.657 bits per heavy atom. The first kappa shape index (κ1) is 33.2. The maximum absolute atomic E-state index is 10.7. The van der Waals surface area contributed by atoms with E-state index in [9.17, 15) is 28.8 Å². The number of hydrogen-bond donors (Lipinski definition) is 6. The van der Waals surface area contributed by atoms with Gasteiger partial charge in [-0.25, -0.2) is 28.8 Å². The molecular weight excluding hydrogens is 468 g/mol. The van der Waals surface area contributed by atoms with Crippen LogP contribution in [0.2, 0.25) is 0 Å². The van der Waals surface area contributed by atoms with E-state index < -0.39 is 35.8 Å². The summed E-state index contributed by atoms with van der Waals surface area (Å²) in [7, 11) is 0. The second-order valence-corrected chi connectivity index (χ2v) is 7.31. The maximum Gasteiger partial charge on any atom is 0.332 e. The molecule has 1 fully saturated rings. The molecule has 0 aromatic carbocycles. The van der Waals surface area contributed by atoms with Crippen molar-refractivity contribution in [2.75, 3.05) is 0 Å². The highest BCUT2D eigenvalue weighted by atomic mass is 16.4. The second-order valence-electron chi connectivity index (χ2n) is 7.31. The van der Waals surface area contributed by atoms with Crippen LogP contribution in [0.5, 0.6) is 0 Å². The molecule has 1 aliphatic carbocycles. The van der Waals surface area contributed by atoms with Crippen LogP contribution in [-0.2, 0) is 28.8 Å². The summed E-state index contributed by atoms with van der Waals surface area (Å²) in [5, 5.41) is 50.4. The van der Waals surface area contributed by atoms with Crippen LogP contribution in [0.3, 0.4) is 0 Å². The topological polar surface area (TPSA) is 224 Å².